The number of para-hydroxylation sites is 2. The van der Waals surface area contributed by atoms with Crippen LogP contribution in [0.4, 0.5) is 0 Å². The molecular weight excluding hydrogens is 478 g/mol. The number of hydrogen-bond acceptors (Lipinski definition) is 3. The first-order valence-electron chi connectivity index (χ1n) is 14.2. The van der Waals surface area contributed by atoms with E-state index in [0.29, 0.717) is 0 Å². The van der Waals surface area contributed by atoms with E-state index in [1.165, 1.54) is 37.9 Å². The van der Waals surface area contributed by atoms with Crippen molar-refractivity contribution in [1.29, 1.82) is 0 Å². The lowest BCUT2D eigenvalue weighted by Crippen LogP contribution is -2.45. The summed E-state index contributed by atoms with van der Waals surface area (Å²) in [5.74, 6) is 0. The van der Waals surface area contributed by atoms with E-state index in [-0.39, 0.29) is 11.7 Å². The quantitative estimate of drug-likeness (QED) is 0.324. The molecule has 0 radical (unpaired) electrons. The Bertz CT molecular complexity index is 1210. The number of likely N-dealkylation sites (tertiary alicyclic amines) is 2. The number of rotatable bonds is 9. The molecule has 1 N–H and O–H groups in total. The summed E-state index contributed by atoms with van der Waals surface area (Å²) in [5.41, 5.74) is 3.67. The van der Waals surface area contributed by atoms with Crippen molar-refractivity contribution in [2.75, 3.05) is 39.3 Å². The molecule has 0 spiro atoms. The second-order valence-electron chi connectivity index (χ2n) is 10.6. The molecule has 37 heavy (non-hydrogen) atoms. The van der Waals surface area contributed by atoms with E-state index in [4.69, 9.17) is 12.2 Å². The highest BCUT2D eigenvalue weighted by molar-refractivity contribution is 7.80. The highest BCUT2D eigenvalue weighted by atomic mass is 32.1. The van der Waals surface area contributed by atoms with Gasteiger partial charge in [0.05, 0.1) is 11.0 Å². The van der Waals surface area contributed by atoms with Crippen LogP contribution in [0.5, 0.6) is 0 Å². The summed E-state index contributed by atoms with van der Waals surface area (Å²) in [5, 5.41) is 4.30. The molecule has 198 valence electrons. The predicted octanol–water partition coefficient (Wildman–Crippen LogP) is 4.82. The second-order valence-corrected chi connectivity index (χ2v) is 11.0. The largest absolute Gasteiger partial charge is 0.363 e. The van der Waals surface area contributed by atoms with E-state index in [1.807, 2.05) is 4.57 Å². The number of thiocarbonyl (C=S) groups is 1. The second kappa shape index (κ2) is 12.7. The summed E-state index contributed by atoms with van der Waals surface area (Å²) in [6.07, 6.45) is 9.00. The van der Waals surface area contributed by atoms with Crippen molar-refractivity contribution in [3.63, 3.8) is 0 Å². The van der Waals surface area contributed by atoms with E-state index >= 15 is 0 Å². The number of aryl methyl sites for hydroxylation is 2. The van der Waals surface area contributed by atoms with Crippen LogP contribution in [-0.4, -0.2) is 63.3 Å². The van der Waals surface area contributed by atoms with Gasteiger partial charge in [0.25, 0.3) is 0 Å². The lowest BCUT2D eigenvalue weighted by atomic mass is 10.0. The number of hydrogen-bond donors (Lipinski definition) is 1. The smallest absolute Gasteiger partial charge is 0.329 e. The van der Waals surface area contributed by atoms with E-state index < -0.39 is 0 Å². The van der Waals surface area contributed by atoms with E-state index in [0.717, 1.165) is 81.0 Å². The van der Waals surface area contributed by atoms with Gasteiger partial charge in [-0.3, -0.25) is 9.13 Å². The Balaban J connectivity index is 1.15. The molecule has 2 saturated heterocycles. The van der Waals surface area contributed by atoms with Gasteiger partial charge in [0.15, 0.2) is 5.11 Å². The lowest BCUT2D eigenvalue weighted by molar-refractivity contribution is 0.222. The van der Waals surface area contributed by atoms with Crippen LogP contribution in [-0.2, 0) is 13.0 Å². The molecule has 7 heteroatoms. The highest BCUT2D eigenvalue weighted by Crippen LogP contribution is 2.26. The monoisotopic (exact) mass is 519 g/mol. The zero-order valence-corrected chi connectivity index (χ0v) is 22.8. The standard InChI is InChI=1S/C30H41N5OS/c36-30-34(22-10-21-32-19-7-2-8-20-32)27-14-5-6-15-28(27)35(30)26-16-23-33(24-17-26)29(37)31-18-9-13-25-11-3-1-4-12-25/h1,3-6,11-12,14-15,26H,2,7-10,13,16-24H2,(H,31,37). The Kier molecular flexibility index (Phi) is 8.95. The predicted molar refractivity (Wildman–Crippen MR) is 156 cm³/mol. The zero-order valence-electron chi connectivity index (χ0n) is 22.0. The van der Waals surface area contributed by atoms with Crippen molar-refractivity contribution >= 4 is 28.4 Å². The van der Waals surface area contributed by atoms with Crippen LogP contribution in [0, 0.1) is 0 Å². The number of imidazole rings is 1. The van der Waals surface area contributed by atoms with Gasteiger partial charge >= 0.3 is 5.69 Å². The number of aromatic nitrogens is 2. The average molecular weight is 520 g/mol. The van der Waals surface area contributed by atoms with Crippen LogP contribution < -0.4 is 11.0 Å². The first-order valence-corrected chi connectivity index (χ1v) is 14.6. The molecule has 0 amide bonds. The van der Waals surface area contributed by atoms with E-state index in [9.17, 15) is 4.79 Å². The molecule has 0 saturated carbocycles. The molecule has 0 aliphatic carbocycles. The third-order valence-electron chi connectivity index (χ3n) is 8.05. The van der Waals surface area contributed by atoms with Gasteiger partial charge in [0, 0.05) is 32.2 Å². The van der Waals surface area contributed by atoms with E-state index in [1.54, 1.807) is 0 Å². The van der Waals surface area contributed by atoms with Crippen molar-refractivity contribution in [1.82, 2.24) is 24.3 Å². The first kappa shape index (κ1) is 26.0. The van der Waals surface area contributed by atoms with Crippen molar-refractivity contribution in [3.05, 3.63) is 70.6 Å². The van der Waals surface area contributed by atoms with Gasteiger partial charge in [-0.15, -0.1) is 0 Å². The van der Waals surface area contributed by atoms with Crippen LogP contribution in [0.25, 0.3) is 11.0 Å². The molecule has 2 aromatic carbocycles. The Morgan fingerprint density at radius 3 is 2.30 bits per heavy atom. The minimum atomic E-state index is 0.153. The van der Waals surface area contributed by atoms with Gasteiger partial charge in [-0.25, -0.2) is 4.79 Å². The highest BCUT2D eigenvalue weighted by Gasteiger charge is 2.26. The molecule has 1 aromatic heterocycles. The number of benzene rings is 2. The minimum Gasteiger partial charge on any atom is -0.363 e. The van der Waals surface area contributed by atoms with Crippen molar-refractivity contribution in [2.45, 2.75) is 64.0 Å². The molecule has 0 bridgehead atoms. The van der Waals surface area contributed by atoms with Gasteiger partial charge in [0.1, 0.15) is 0 Å². The van der Waals surface area contributed by atoms with Gasteiger partial charge < -0.3 is 15.1 Å². The maximum absolute atomic E-state index is 13.6. The normalized spacial score (nSPS) is 17.4. The topological polar surface area (TPSA) is 45.4 Å². The Labute approximate surface area is 226 Å². The number of fused-ring (bicyclic) bond motifs is 1. The molecule has 2 aliphatic heterocycles. The molecule has 6 nitrogen and oxygen atoms in total. The maximum atomic E-state index is 13.6. The van der Waals surface area contributed by atoms with Gasteiger partial charge in [-0.05, 0) is 94.5 Å². The summed E-state index contributed by atoms with van der Waals surface area (Å²) >= 11 is 5.71. The summed E-state index contributed by atoms with van der Waals surface area (Å²) < 4.78 is 4.09. The molecule has 5 rings (SSSR count). The average Bonchev–Trinajstić information content (AvgIpc) is 3.23. The Morgan fingerprint density at radius 2 is 1.54 bits per heavy atom. The summed E-state index contributed by atoms with van der Waals surface area (Å²) in [6.45, 7) is 6.95. The fraction of sp³-hybridized carbons (Fsp3) is 0.533. The molecule has 0 atom stereocenters. The third kappa shape index (κ3) is 6.44. The molecule has 3 aromatic rings. The van der Waals surface area contributed by atoms with Crippen LogP contribution in [0.15, 0.2) is 59.4 Å². The summed E-state index contributed by atoms with van der Waals surface area (Å²) in [6, 6.07) is 19.2. The van der Waals surface area contributed by atoms with Gasteiger partial charge in [-0.1, -0.05) is 48.9 Å². The molecule has 3 heterocycles. The Morgan fingerprint density at radius 1 is 0.838 bits per heavy atom. The van der Waals surface area contributed by atoms with Crippen LogP contribution >= 0.6 is 12.2 Å². The van der Waals surface area contributed by atoms with Crippen molar-refractivity contribution in [3.8, 4) is 0 Å². The van der Waals surface area contributed by atoms with E-state index in [2.05, 4.69) is 74.3 Å². The summed E-state index contributed by atoms with van der Waals surface area (Å²) in [7, 11) is 0. The minimum absolute atomic E-state index is 0.153. The maximum Gasteiger partial charge on any atom is 0.329 e. The van der Waals surface area contributed by atoms with Crippen LogP contribution in [0.2, 0.25) is 0 Å². The lowest BCUT2D eigenvalue weighted by Gasteiger charge is -2.34. The van der Waals surface area contributed by atoms with Crippen LogP contribution in [0.1, 0.15) is 56.6 Å². The van der Waals surface area contributed by atoms with Gasteiger partial charge in [0.2, 0.25) is 0 Å². The SMILES string of the molecule is O=c1n(CCCN2CCCCC2)c2ccccc2n1C1CCN(C(=S)NCCCc2ccccc2)CC1. The zero-order chi connectivity index (χ0) is 25.5. The third-order valence-corrected chi connectivity index (χ3v) is 8.45. The van der Waals surface area contributed by atoms with Crippen molar-refractivity contribution < 1.29 is 0 Å². The number of nitrogens with zero attached hydrogens (tertiary/aromatic N) is 4. The van der Waals surface area contributed by atoms with Crippen molar-refractivity contribution in [2.24, 2.45) is 0 Å². The number of nitrogens with one attached hydrogen (secondary N) is 1. The molecule has 2 fully saturated rings. The fourth-order valence-corrected chi connectivity index (χ4v) is 6.29. The Hall–Kier alpha value is -2.64. The summed E-state index contributed by atoms with van der Waals surface area (Å²) in [4.78, 5) is 18.5. The molecular formula is C30H41N5OS. The molecule has 0 unspecified atom stereocenters. The first-order chi connectivity index (χ1) is 18.2. The number of piperidine rings is 2. The fourth-order valence-electron chi connectivity index (χ4n) is 6.01. The van der Waals surface area contributed by atoms with Crippen LogP contribution in [0.3, 0.4) is 0 Å². The van der Waals surface area contributed by atoms with Gasteiger partial charge in [-0.2, -0.15) is 0 Å². The molecule has 2 aliphatic rings.